The molecule has 2 fully saturated rings. The fourth-order valence-electron chi connectivity index (χ4n) is 5.14. The predicted molar refractivity (Wildman–Crippen MR) is 149 cm³/mol. The molecule has 0 amide bonds. The van der Waals surface area contributed by atoms with Crippen LogP contribution in [0.15, 0.2) is 52.8 Å². The Hall–Kier alpha value is -2.93. The second-order valence-electron chi connectivity index (χ2n) is 9.71. The van der Waals surface area contributed by atoms with Gasteiger partial charge in [-0.25, -0.2) is 14.4 Å². The summed E-state index contributed by atoms with van der Waals surface area (Å²) in [5.41, 5.74) is 2.64. The van der Waals surface area contributed by atoms with Crippen molar-refractivity contribution in [3.8, 4) is 11.3 Å². The first kappa shape index (κ1) is 26.1. The van der Waals surface area contributed by atoms with Crippen LogP contribution in [0.5, 0.6) is 0 Å². The minimum atomic E-state index is -0.433. The fourth-order valence-corrected chi connectivity index (χ4v) is 5.32. The van der Waals surface area contributed by atoms with Gasteiger partial charge in [-0.2, -0.15) is 4.98 Å². The smallest absolute Gasteiger partial charge is 0.228 e. The molecule has 3 heterocycles. The molecule has 0 aliphatic carbocycles. The molecule has 4 rings (SSSR count). The predicted octanol–water partition coefficient (Wildman–Crippen LogP) is 6.33. The molecular weight excluding hydrogens is 475 g/mol. The van der Waals surface area contributed by atoms with Gasteiger partial charge < -0.3 is 14.7 Å². The van der Waals surface area contributed by atoms with Crippen molar-refractivity contribution >= 4 is 30.1 Å². The van der Waals surface area contributed by atoms with Crippen molar-refractivity contribution < 1.29 is 4.39 Å². The van der Waals surface area contributed by atoms with Gasteiger partial charge in [0.15, 0.2) is 0 Å². The van der Waals surface area contributed by atoms with E-state index in [0.29, 0.717) is 6.04 Å². The van der Waals surface area contributed by atoms with Gasteiger partial charge in [-0.1, -0.05) is 23.8 Å². The number of rotatable bonds is 6. The number of halogens is 2. The van der Waals surface area contributed by atoms with Crippen LogP contribution < -0.4 is 9.80 Å². The zero-order valence-electron chi connectivity index (χ0n) is 21.7. The molecule has 2 aliphatic heterocycles. The third kappa shape index (κ3) is 5.56. The van der Waals surface area contributed by atoms with Gasteiger partial charge >= 0.3 is 0 Å². The second kappa shape index (κ2) is 11.4. The van der Waals surface area contributed by atoms with E-state index in [1.54, 1.807) is 12.1 Å². The molecule has 0 spiro atoms. The highest BCUT2D eigenvalue weighted by Gasteiger charge is 2.28. The molecule has 192 valence electrons. The summed E-state index contributed by atoms with van der Waals surface area (Å²) in [6.07, 6.45) is 7.30. The summed E-state index contributed by atoms with van der Waals surface area (Å²) in [5, 5.41) is 0.0928. The third-order valence-corrected chi connectivity index (χ3v) is 7.49. The lowest BCUT2D eigenvalue weighted by Gasteiger charge is -2.30. The first-order valence-corrected chi connectivity index (χ1v) is 13.1. The summed E-state index contributed by atoms with van der Waals surface area (Å²) in [7, 11) is 0. The van der Waals surface area contributed by atoms with Gasteiger partial charge in [0, 0.05) is 49.9 Å². The molecule has 6 nitrogen and oxygen atoms in total. The molecule has 1 aromatic heterocycles. The zero-order chi connectivity index (χ0) is 25.8. The number of aliphatic imine (C=N–C) groups is 1. The van der Waals surface area contributed by atoms with E-state index in [9.17, 15) is 4.39 Å². The topological polar surface area (TPSA) is 47.9 Å². The van der Waals surface area contributed by atoms with E-state index in [4.69, 9.17) is 21.6 Å². The Bertz CT molecular complexity index is 1160. The maximum absolute atomic E-state index is 13.9. The number of hydrogen-bond acceptors (Lipinski definition) is 6. The number of nitrogens with zero attached hydrogens (tertiary/aromatic N) is 6. The molecule has 0 saturated carbocycles. The molecule has 36 heavy (non-hydrogen) atoms. The molecule has 2 saturated heterocycles. The van der Waals surface area contributed by atoms with E-state index < -0.39 is 5.82 Å². The maximum Gasteiger partial charge on any atom is 0.228 e. The summed E-state index contributed by atoms with van der Waals surface area (Å²) in [4.78, 5) is 21.3. The summed E-state index contributed by atoms with van der Waals surface area (Å²) in [6.45, 7) is 15.8. The Morgan fingerprint density at radius 2 is 1.86 bits per heavy atom. The van der Waals surface area contributed by atoms with Crippen molar-refractivity contribution in [3.05, 3.63) is 58.7 Å². The molecule has 1 aromatic carbocycles. The Labute approximate surface area is 219 Å². The molecule has 2 aliphatic rings. The van der Waals surface area contributed by atoms with Gasteiger partial charge in [-0.15, -0.1) is 0 Å². The van der Waals surface area contributed by atoms with Gasteiger partial charge in [0.05, 0.1) is 10.7 Å². The number of allylic oxidation sites excluding steroid dienone is 3. The number of aromatic nitrogens is 2. The first-order valence-electron chi connectivity index (χ1n) is 12.8. The summed E-state index contributed by atoms with van der Waals surface area (Å²) in [5.74, 6) is 2.10. The minimum Gasteiger partial charge on any atom is -0.355 e. The van der Waals surface area contributed by atoms with Crippen molar-refractivity contribution in [1.29, 1.82) is 0 Å². The van der Waals surface area contributed by atoms with E-state index >= 15 is 0 Å². The zero-order valence-corrected chi connectivity index (χ0v) is 22.5. The van der Waals surface area contributed by atoms with Gasteiger partial charge in [0.25, 0.3) is 0 Å². The molecule has 2 unspecified atom stereocenters. The monoisotopic (exact) mass is 510 g/mol. The molecule has 2 aromatic rings. The Balaban J connectivity index is 1.71. The SMILES string of the molecule is C=N/C(=C(C)\C=C/C)N1CCC(C)N(c2cc(-c3ccc(F)c(Cl)c3)nc(N3CCCC3C)n2)CC1. The van der Waals surface area contributed by atoms with Crippen molar-refractivity contribution in [2.75, 3.05) is 36.0 Å². The largest absolute Gasteiger partial charge is 0.355 e. The van der Waals surface area contributed by atoms with Crippen LogP contribution in [0.3, 0.4) is 0 Å². The Morgan fingerprint density at radius 3 is 2.53 bits per heavy atom. The van der Waals surface area contributed by atoms with Crippen LogP contribution >= 0.6 is 11.6 Å². The average Bonchev–Trinajstić information content (AvgIpc) is 3.20. The van der Waals surface area contributed by atoms with Gasteiger partial charge in [0.2, 0.25) is 5.95 Å². The van der Waals surface area contributed by atoms with Crippen LogP contribution in [0.1, 0.15) is 47.0 Å². The van der Waals surface area contributed by atoms with Gasteiger partial charge in [0.1, 0.15) is 17.5 Å². The van der Waals surface area contributed by atoms with Crippen molar-refractivity contribution in [1.82, 2.24) is 14.9 Å². The normalized spacial score (nSPS) is 21.7. The molecule has 0 radical (unpaired) electrons. The molecule has 8 heteroatoms. The van der Waals surface area contributed by atoms with Crippen LogP contribution in [0, 0.1) is 5.82 Å². The third-order valence-electron chi connectivity index (χ3n) is 7.20. The Morgan fingerprint density at radius 1 is 1.08 bits per heavy atom. The lowest BCUT2D eigenvalue weighted by molar-refractivity contribution is 0.359. The minimum absolute atomic E-state index is 0.0928. The van der Waals surface area contributed by atoms with Crippen molar-refractivity contribution in [2.45, 2.75) is 59.0 Å². The highest BCUT2D eigenvalue weighted by Crippen LogP contribution is 2.32. The highest BCUT2D eigenvalue weighted by atomic mass is 35.5. The standard InChI is InChI=1S/C28H36ClFN6/c1-6-8-19(2)27(31-5)34-14-12-21(4)35(16-15-34)26-18-25(22-10-11-24(30)23(29)17-22)32-28(33-26)36-13-7-9-20(36)3/h6,8,10-11,17-18,20-21H,5,7,9,12-16H2,1-4H3/b8-6-,27-19+. The summed E-state index contributed by atoms with van der Waals surface area (Å²) in [6, 6.07) is 7.43. The van der Waals surface area contributed by atoms with E-state index in [1.165, 1.54) is 6.07 Å². The van der Waals surface area contributed by atoms with E-state index in [-0.39, 0.29) is 11.1 Å². The molecular formula is C28H36ClFN6. The van der Waals surface area contributed by atoms with Crippen molar-refractivity contribution in [2.24, 2.45) is 4.99 Å². The first-order chi connectivity index (χ1) is 17.3. The summed E-state index contributed by atoms with van der Waals surface area (Å²) >= 11 is 6.13. The second-order valence-corrected chi connectivity index (χ2v) is 10.1. The highest BCUT2D eigenvalue weighted by molar-refractivity contribution is 6.31. The number of hydrogen-bond donors (Lipinski definition) is 0. The molecule has 0 bridgehead atoms. The summed E-state index contributed by atoms with van der Waals surface area (Å²) < 4.78 is 13.9. The number of anilines is 2. The molecule has 0 N–H and O–H groups in total. The Kier molecular flexibility index (Phi) is 8.29. The van der Waals surface area contributed by atoms with Crippen LogP contribution in [-0.2, 0) is 0 Å². The number of benzene rings is 1. The van der Waals surface area contributed by atoms with E-state index in [2.05, 4.69) is 53.3 Å². The maximum atomic E-state index is 13.9. The van der Waals surface area contributed by atoms with Crippen LogP contribution in [0.2, 0.25) is 5.02 Å². The van der Waals surface area contributed by atoms with Gasteiger partial charge in [-0.3, -0.25) is 0 Å². The quantitative estimate of drug-likeness (QED) is 0.335. The van der Waals surface area contributed by atoms with Crippen LogP contribution in [0.25, 0.3) is 11.3 Å². The lowest BCUT2D eigenvalue weighted by atomic mass is 10.1. The molecule has 2 atom stereocenters. The fraction of sp³-hybridized carbons (Fsp3) is 0.464. The van der Waals surface area contributed by atoms with Crippen LogP contribution in [-0.4, -0.2) is 59.8 Å². The van der Waals surface area contributed by atoms with E-state index in [0.717, 1.165) is 79.9 Å². The van der Waals surface area contributed by atoms with Crippen molar-refractivity contribution in [3.63, 3.8) is 0 Å². The van der Waals surface area contributed by atoms with Gasteiger partial charge in [-0.05, 0) is 77.4 Å². The van der Waals surface area contributed by atoms with E-state index in [1.807, 2.05) is 19.1 Å². The lowest BCUT2D eigenvalue weighted by Crippen LogP contribution is -2.36. The average molecular weight is 511 g/mol. The van der Waals surface area contributed by atoms with Crippen LogP contribution in [0.4, 0.5) is 16.2 Å².